The van der Waals surface area contributed by atoms with Gasteiger partial charge in [0.1, 0.15) is 22.1 Å². The second-order valence-electron chi connectivity index (χ2n) is 4.80. The number of carbonyl (C=O) groups is 1. The van der Waals surface area contributed by atoms with Crippen LogP contribution in [0, 0.1) is 17.1 Å². The van der Waals surface area contributed by atoms with Crippen molar-refractivity contribution in [3.63, 3.8) is 0 Å². The molecule has 1 amide bonds. The lowest BCUT2D eigenvalue weighted by atomic mass is 10.1. The molecular formula is C19H19BrFN3O. The summed E-state index contributed by atoms with van der Waals surface area (Å²) >= 11 is 3.23. The molecule has 0 saturated carbocycles. The molecule has 25 heavy (non-hydrogen) atoms. The van der Waals surface area contributed by atoms with Gasteiger partial charge >= 0.3 is 0 Å². The molecule has 2 aromatic rings. The molecule has 1 aromatic carbocycles. The standard InChI is InChI=1S/C17H13BrFN3O.C2H6/c1-11(12-5-7-14(19)8-6-12)21-17(23)13(10-20)9-15-3-2-4-16(18)22-15;1-2/h2-9,11H,1H3,(H,21,23);1-2H3/b13-9+;. The van der Waals surface area contributed by atoms with Gasteiger partial charge in [-0.3, -0.25) is 4.79 Å². The maximum Gasteiger partial charge on any atom is 0.262 e. The predicted octanol–water partition coefficient (Wildman–Crippen LogP) is 4.79. The average molecular weight is 404 g/mol. The van der Waals surface area contributed by atoms with E-state index in [1.165, 1.54) is 18.2 Å². The average Bonchev–Trinajstić information content (AvgIpc) is 2.62. The number of hydrogen-bond donors (Lipinski definition) is 1. The van der Waals surface area contributed by atoms with Crippen molar-refractivity contribution < 1.29 is 9.18 Å². The molecule has 130 valence electrons. The highest BCUT2D eigenvalue weighted by Gasteiger charge is 2.14. The molecule has 1 N–H and O–H groups in total. The van der Waals surface area contributed by atoms with Crippen LogP contribution in [0.5, 0.6) is 0 Å². The number of nitriles is 1. The van der Waals surface area contributed by atoms with Crippen molar-refractivity contribution in [3.8, 4) is 6.07 Å². The molecule has 0 saturated heterocycles. The van der Waals surface area contributed by atoms with Crippen LogP contribution in [0.4, 0.5) is 4.39 Å². The molecule has 6 heteroatoms. The first kappa shape index (κ1) is 20.5. The summed E-state index contributed by atoms with van der Waals surface area (Å²) in [6, 6.07) is 12.5. The minimum atomic E-state index is -0.508. The number of carbonyl (C=O) groups excluding carboxylic acids is 1. The maximum absolute atomic E-state index is 12.9. The van der Waals surface area contributed by atoms with E-state index < -0.39 is 5.91 Å². The summed E-state index contributed by atoms with van der Waals surface area (Å²) < 4.78 is 13.5. The van der Waals surface area contributed by atoms with Crippen molar-refractivity contribution >= 4 is 27.9 Å². The predicted molar refractivity (Wildman–Crippen MR) is 99.8 cm³/mol. The van der Waals surface area contributed by atoms with Gasteiger partial charge in [0.15, 0.2) is 0 Å². The van der Waals surface area contributed by atoms with Gasteiger partial charge in [0.2, 0.25) is 0 Å². The van der Waals surface area contributed by atoms with E-state index in [0.717, 1.165) is 5.56 Å². The molecule has 1 heterocycles. The number of hydrogen-bond acceptors (Lipinski definition) is 3. The van der Waals surface area contributed by atoms with Crippen molar-refractivity contribution in [3.05, 3.63) is 69.7 Å². The SMILES string of the molecule is CC.CC(NC(=O)/C(C#N)=C/c1cccc(Br)n1)c1ccc(F)cc1. The molecule has 0 radical (unpaired) electrons. The summed E-state index contributed by atoms with van der Waals surface area (Å²) in [5.41, 5.74) is 1.20. The van der Waals surface area contributed by atoms with Gasteiger partial charge in [-0.2, -0.15) is 5.26 Å². The Morgan fingerprint density at radius 3 is 2.48 bits per heavy atom. The van der Waals surface area contributed by atoms with E-state index in [-0.39, 0.29) is 17.4 Å². The smallest absolute Gasteiger partial charge is 0.262 e. The van der Waals surface area contributed by atoms with E-state index >= 15 is 0 Å². The molecule has 0 aliphatic rings. The summed E-state index contributed by atoms with van der Waals surface area (Å²) in [5, 5.41) is 11.9. The number of aromatic nitrogens is 1. The van der Waals surface area contributed by atoms with Crippen LogP contribution in [0.25, 0.3) is 6.08 Å². The minimum absolute atomic E-state index is 0.0513. The van der Waals surface area contributed by atoms with E-state index in [2.05, 4.69) is 26.2 Å². The Bertz CT molecular complexity index is 782. The van der Waals surface area contributed by atoms with Gasteiger partial charge in [-0.05, 0) is 58.8 Å². The summed E-state index contributed by atoms with van der Waals surface area (Å²) in [5.74, 6) is -0.850. The molecule has 0 aliphatic carbocycles. The van der Waals surface area contributed by atoms with Gasteiger partial charge < -0.3 is 5.32 Å². The molecule has 0 bridgehead atoms. The fraction of sp³-hybridized carbons (Fsp3) is 0.211. The Hall–Kier alpha value is -2.52. The largest absolute Gasteiger partial charge is 0.345 e. The first-order valence-corrected chi connectivity index (χ1v) is 8.59. The van der Waals surface area contributed by atoms with Crippen LogP contribution in [0.15, 0.2) is 52.6 Å². The van der Waals surface area contributed by atoms with E-state index in [1.807, 2.05) is 19.9 Å². The second kappa shape index (κ2) is 10.4. The fourth-order valence-corrected chi connectivity index (χ4v) is 2.27. The zero-order valence-corrected chi connectivity index (χ0v) is 15.8. The summed E-state index contributed by atoms with van der Waals surface area (Å²) in [6.07, 6.45) is 1.41. The zero-order chi connectivity index (χ0) is 18.8. The summed E-state index contributed by atoms with van der Waals surface area (Å²) in [7, 11) is 0. The lowest BCUT2D eigenvalue weighted by molar-refractivity contribution is -0.117. The van der Waals surface area contributed by atoms with Gasteiger partial charge in [-0.25, -0.2) is 9.37 Å². The van der Waals surface area contributed by atoms with E-state index in [9.17, 15) is 14.4 Å². The highest BCUT2D eigenvalue weighted by molar-refractivity contribution is 9.10. The molecule has 0 aliphatic heterocycles. The van der Waals surface area contributed by atoms with E-state index in [0.29, 0.717) is 10.3 Å². The minimum Gasteiger partial charge on any atom is -0.345 e. The molecule has 4 nitrogen and oxygen atoms in total. The molecule has 1 aromatic heterocycles. The number of pyridine rings is 1. The lowest BCUT2D eigenvalue weighted by Gasteiger charge is -2.13. The van der Waals surface area contributed by atoms with Crippen LogP contribution in [-0.4, -0.2) is 10.9 Å². The third-order valence-corrected chi connectivity index (χ3v) is 3.55. The third kappa shape index (κ3) is 6.48. The van der Waals surface area contributed by atoms with Crippen molar-refractivity contribution in [2.75, 3.05) is 0 Å². The highest BCUT2D eigenvalue weighted by atomic mass is 79.9. The Labute approximate surface area is 155 Å². The normalized spacial score (nSPS) is 11.6. The Kier molecular flexibility index (Phi) is 8.51. The molecule has 2 rings (SSSR count). The Balaban J connectivity index is 0.00000151. The van der Waals surface area contributed by atoms with Crippen LogP contribution >= 0.6 is 15.9 Å². The Morgan fingerprint density at radius 1 is 1.28 bits per heavy atom. The van der Waals surface area contributed by atoms with Crippen LogP contribution in [0.3, 0.4) is 0 Å². The number of nitrogens with zero attached hydrogens (tertiary/aromatic N) is 2. The molecule has 0 spiro atoms. The number of rotatable bonds is 4. The van der Waals surface area contributed by atoms with Crippen LogP contribution in [0.1, 0.15) is 38.1 Å². The van der Waals surface area contributed by atoms with Crippen molar-refractivity contribution in [1.29, 1.82) is 5.26 Å². The van der Waals surface area contributed by atoms with Gasteiger partial charge in [0.25, 0.3) is 5.91 Å². The first-order chi connectivity index (χ1) is 12.0. The van der Waals surface area contributed by atoms with E-state index in [4.69, 9.17) is 0 Å². The number of benzene rings is 1. The lowest BCUT2D eigenvalue weighted by Crippen LogP contribution is -2.27. The van der Waals surface area contributed by atoms with Crippen LogP contribution < -0.4 is 5.32 Å². The third-order valence-electron chi connectivity index (χ3n) is 3.11. The molecular weight excluding hydrogens is 385 g/mol. The van der Waals surface area contributed by atoms with Crippen molar-refractivity contribution in [2.24, 2.45) is 0 Å². The van der Waals surface area contributed by atoms with Crippen LogP contribution in [0.2, 0.25) is 0 Å². The van der Waals surface area contributed by atoms with Gasteiger partial charge in [-0.1, -0.05) is 32.0 Å². The molecule has 1 unspecified atom stereocenters. The fourth-order valence-electron chi connectivity index (χ4n) is 1.91. The first-order valence-electron chi connectivity index (χ1n) is 7.80. The zero-order valence-electron chi connectivity index (χ0n) is 14.3. The van der Waals surface area contributed by atoms with Crippen molar-refractivity contribution in [1.82, 2.24) is 10.3 Å². The maximum atomic E-state index is 12.9. The van der Waals surface area contributed by atoms with Crippen molar-refractivity contribution in [2.45, 2.75) is 26.8 Å². The number of amides is 1. The van der Waals surface area contributed by atoms with Gasteiger partial charge in [0.05, 0.1) is 11.7 Å². The topological polar surface area (TPSA) is 65.8 Å². The quantitative estimate of drug-likeness (QED) is 0.453. The van der Waals surface area contributed by atoms with E-state index in [1.54, 1.807) is 37.3 Å². The monoisotopic (exact) mass is 403 g/mol. The highest BCUT2D eigenvalue weighted by Crippen LogP contribution is 2.14. The number of nitrogens with one attached hydrogen (secondary N) is 1. The molecule has 1 atom stereocenters. The number of halogens is 2. The Morgan fingerprint density at radius 2 is 1.92 bits per heavy atom. The van der Waals surface area contributed by atoms with Crippen LogP contribution in [-0.2, 0) is 4.79 Å². The summed E-state index contributed by atoms with van der Waals surface area (Å²) in [4.78, 5) is 16.4. The summed E-state index contributed by atoms with van der Waals surface area (Å²) in [6.45, 7) is 5.76. The second-order valence-corrected chi connectivity index (χ2v) is 5.61. The molecule has 0 fully saturated rings. The van der Waals surface area contributed by atoms with Gasteiger partial charge in [-0.15, -0.1) is 0 Å². The van der Waals surface area contributed by atoms with Gasteiger partial charge in [0, 0.05) is 0 Å².